The molecule has 76 valence electrons. The van der Waals surface area contributed by atoms with E-state index in [-0.39, 0.29) is 10.4 Å². The van der Waals surface area contributed by atoms with Crippen LogP contribution in [0.3, 0.4) is 0 Å². The van der Waals surface area contributed by atoms with E-state index in [9.17, 15) is 4.79 Å². The fourth-order valence-corrected chi connectivity index (χ4v) is 1.19. The highest BCUT2D eigenvalue weighted by Crippen LogP contribution is 2.30. The maximum atomic E-state index is 10.5. The van der Waals surface area contributed by atoms with Crippen molar-refractivity contribution in [3.8, 4) is 0 Å². The molecule has 0 unspecified atom stereocenters. The molecule has 4 nitrogen and oxygen atoms in total. The Morgan fingerprint density at radius 3 is 1.85 bits per heavy atom. The molecule has 13 heavy (non-hydrogen) atoms. The summed E-state index contributed by atoms with van der Waals surface area (Å²) in [5, 5.41) is 11.0. The molecule has 0 saturated carbocycles. The summed E-state index contributed by atoms with van der Waals surface area (Å²) in [6.07, 6.45) is -1.12. The first-order chi connectivity index (χ1) is 5.61. The minimum atomic E-state index is -1.12. The fraction of sp³-hybridized carbons (Fsp3) is 0.750. The highest BCUT2D eigenvalue weighted by atomic mass is 32.1. The topological polar surface area (TPSA) is 75.3 Å². The third kappa shape index (κ3) is 2.55. The number of amides is 1. The molecule has 0 aliphatic carbocycles. The predicted molar refractivity (Wildman–Crippen MR) is 55.8 cm³/mol. The zero-order valence-electron chi connectivity index (χ0n) is 8.34. The quantitative estimate of drug-likeness (QED) is 0.593. The van der Waals surface area contributed by atoms with Crippen LogP contribution in [0.2, 0.25) is 0 Å². The molecule has 1 atom stereocenters. The van der Waals surface area contributed by atoms with Gasteiger partial charge in [-0.15, -0.1) is 0 Å². The second-order valence-corrected chi connectivity index (χ2v) is 4.61. The number of nitrogens with two attached hydrogens (primary N) is 1. The van der Waals surface area contributed by atoms with Crippen LogP contribution < -0.4 is 11.1 Å². The molecule has 1 amide bonds. The van der Waals surface area contributed by atoms with Crippen LogP contribution in [-0.2, 0) is 0 Å². The number of thiocarbonyl (C=S) groups is 1. The van der Waals surface area contributed by atoms with Crippen molar-refractivity contribution in [1.82, 2.24) is 5.32 Å². The van der Waals surface area contributed by atoms with Crippen LogP contribution in [-0.4, -0.2) is 21.7 Å². The number of nitrogens with one attached hydrogen (secondary N) is 1. The van der Waals surface area contributed by atoms with E-state index in [1.165, 1.54) is 0 Å². The van der Waals surface area contributed by atoms with Crippen molar-refractivity contribution in [2.45, 2.75) is 33.2 Å². The second kappa shape index (κ2) is 3.49. The molecule has 0 aromatic carbocycles. The number of carbonyl (C=O) groups is 1. The van der Waals surface area contributed by atoms with Gasteiger partial charge in [0.25, 0.3) is 0 Å². The summed E-state index contributed by atoms with van der Waals surface area (Å²) in [6.45, 7) is 7.32. The van der Waals surface area contributed by atoms with Crippen LogP contribution in [0.25, 0.3) is 0 Å². The smallest absolute Gasteiger partial charge is 0.405 e. The van der Waals surface area contributed by atoms with Crippen molar-refractivity contribution in [3.63, 3.8) is 0 Å². The molecule has 0 aliphatic rings. The van der Waals surface area contributed by atoms with Gasteiger partial charge in [-0.3, -0.25) is 0 Å². The molecule has 0 rings (SSSR count). The molecule has 4 N–H and O–H groups in total. The Balaban J connectivity index is 4.96. The number of hydrogen-bond acceptors (Lipinski definition) is 2. The summed E-state index contributed by atoms with van der Waals surface area (Å²) in [6, 6.07) is 0. The Morgan fingerprint density at radius 2 is 1.77 bits per heavy atom. The highest BCUT2D eigenvalue weighted by molar-refractivity contribution is 7.80. The molecule has 0 fully saturated rings. The van der Waals surface area contributed by atoms with Gasteiger partial charge in [0.1, 0.15) is 0 Å². The van der Waals surface area contributed by atoms with Gasteiger partial charge in [0.15, 0.2) is 0 Å². The van der Waals surface area contributed by atoms with E-state index in [0.717, 1.165) is 0 Å². The lowest BCUT2D eigenvalue weighted by molar-refractivity contribution is 0.164. The summed E-state index contributed by atoms with van der Waals surface area (Å²) in [5.74, 6) is 0. The molecule has 0 aromatic heterocycles. The fourth-order valence-electron chi connectivity index (χ4n) is 0.833. The summed E-state index contributed by atoms with van der Waals surface area (Å²) < 4.78 is 0. The average Bonchev–Trinajstić information content (AvgIpc) is 1.82. The van der Waals surface area contributed by atoms with Crippen LogP contribution >= 0.6 is 12.2 Å². The molecule has 0 spiro atoms. The van der Waals surface area contributed by atoms with Gasteiger partial charge in [-0.2, -0.15) is 0 Å². The molecule has 5 heteroatoms. The van der Waals surface area contributed by atoms with E-state index in [1.807, 2.05) is 20.8 Å². The molecule has 0 radical (unpaired) electrons. The van der Waals surface area contributed by atoms with Gasteiger partial charge in [-0.25, -0.2) is 4.79 Å². The molecule has 0 heterocycles. The average molecular weight is 204 g/mol. The van der Waals surface area contributed by atoms with Gasteiger partial charge < -0.3 is 16.2 Å². The summed E-state index contributed by atoms with van der Waals surface area (Å²) in [4.78, 5) is 10.7. The first-order valence-electron chi connectivity index (χ1n) is 3.92. The van der Waals surface area contributed by atoms with E-state index >= 15 is 0 Å². The van der Waals surface area contributed by atoms with Crippen molar-refractivity contribution in [3.05, 3.63) is 0 Å². The predicted octanol–water partition coefficient (Wildman–Crippen LogP) is 1.34. The first-order valence-corrected chi connectivity index (χ1v) is 4.33. The zero-order chi connectivity index (χ0) is 10.9. The van der Waals surface area contributed by atoms with E-state index in [1.54, 1.807) is 6.92 Å². The Labute approximate surface area is 83.5 Å². The van der Waals surface area contributed by atoms with Gasteiger partial charge in [0.05, 0.1) is 10.5 Å². The maximum absolute atomic E-state index is 10.5. The third-order valence-corrected chi connectivity index (χ3v) is 2.76. The standard InChI is InChI=1S/C8H16N2O2S/c1-7(2,3)8(4,5(9)13)10-6(11)12/h10H,1-4H3,(H2,9,13)(H,11,12)/t8-/m1/s1. The molecule has 0 aromatic rings. The van der Waals surface area contributed by atoms with Crippen molar-refractivity contribution in [2.24, 2.45) is 11.1 Å². The van der Waals surface area contributed by atoms with E-state index < -0.39 is 11.6 Å². The van der Waals surface area contributed by atoms with Crippen LogP contribution in [0, 0.1) is 5.41 Å². The van der Waals surface area contributed by atoms with Gasteiger partial charge in [-0.1, -0.05) is 33.0 Å². The van der Waals surface area contributed by atoms with Gasteiger partial charge in [0.2, 0.25) is 0 Å². The Morgan fingerprint density at radius 1 is 1.38 bits per heavy atom. The van der Waals surface area contributed by atoms with E-state index in [2.05, 4.69) is 5.32 Å². The lowest BCUT2D eigenvalue weighted by Crippen LogP contribution is -2.61. The molecule has 0 saturated heterocycles. The van der Waals surface area contributed by atoms with Gasteiger partial charge >= 0.3 is 6.09 Å². The summed E-state index contributed by atoms with van der Waals surface area (Å²) in [7, 11) is 0. The Kier molecular flexibility index (Phi) is 3.27. The van der Waals surface area contributed by atoms with Crippen LogP contribution in [0.15, 0.2) is 0 Å². The number of carboxylic acid groups (broad SMARTS) is 1. The minimum absolute atomic E-state index is 0.155. The van der Waals surface area contributed by atoms with Crippen LogP contribution in [0.1, 0.15) is 27.7 Å². The minimum Gasteiger partial charge on any atom is -0.465 e. The third-order valence-electron chi connectivity index (χ3n) is 2.35. The maximum Gasteiger partial charge on any atom is 0.405 e. The van der Waals surface area contributed by atoms with Crippen molar-refractivity contribution in [2.75, 3.05) is 0 Å². The number of rotatable bonds is 2. The monoisotopic (exact) mass is 204 g/mol. The highest BCUT2D eigenvalue weighted by Gasteiger charge is 2.41. The lowest BCUT2D eigenvalue weighted by Gasteiger charge is -2.40. The molecule has 0 bridgehead atoms. The van der Waals surface area contributed by atoms with Crippen LogP contribution in [0.4, 0.5) is 4.79 Å². The van der Waals surface area contributed by atoms with Gasteiger partial charge in [-0.05, 0) is 12.3 Å². The molecular weight excluding hydrogens is 188 g/mol. The van der Waals surface area contributed by atoms with Crippen molar-refractivity contribution >= 4 is 23.3 Å². The normalized spacial score (nSPS) is 16.0. The molecular formula is C8H16N2O2S. The zero-order valence-corrected chi connectivity index (χ0v) is 9.16. The Bertz CT molecular complexity index is 235. The first kappa shape index (κ1) is 12.2. The van der Waals surface area contributed by atoms with E-state index in [4.69, 9.17) is 23.1 Å². The molecule has 0 aliphatic heterocycles. The van der Waals surface area contributed by atoms with Gasteiger partial charge in [0, 0.05) is 0 Å². The Hall–Kier alpha value is -0.840. The second-order valence-electron chi connectivity index (χ2n) is 4.17. The SMILES string of the molecule is CC(C)(C)[C@](C)(NC(=O)O)C(N)=S. The largest absolute Gasteiger partial charge is 0.465 e. The van der Waals surface area contributed by atoms with Crippen molar-refractivity contribution < 1.29 is 9.90 Å². The lowest BCUT2D eigenvalue weighted by atomic mass is 9.75. The number of hydrogen-bond donors (Lipinski definition) is 3. The van der Waals surface area contributed by atoms with E-state index in [0.29, 0.717) is 0 Å². The van der Waals surface area contributed by atoms with Crippen molar-refractivity contribution in [1.29, 1.82) is 0 Å². The summed E-state index contributed by atoms with van der Waals surface area (Å²) >= 11 is 4.85. The van der Waals surface area contributed by atoms with Crippen LogP contribution in [0.5, 0.6) is 0 Å². The summed E-state index contributed by atoms with van der Waals surface area (Å²) in [5.41, 5.74) is 4.28.